The van der Waals surface area contributed by atoms with E-state index in [2.05, 4.69) is 22.3 Å². The summed E-state index contributed by atoms with van der Waals surface area (Å²) >= 11 is -0.205. The zero-order chi connectivity index (χ0) is 15.2. The first-order chi connectivity index (χ1) is 9.35. The first kappa shape index (κ1) is 17.1. The van der Waals surface area contributed by atoms with Crippen LogP contribution in [0.5, 0.6) is 11.5 Å². The van der Waals surface area contributed by atoms with E-state index in [4.69, 9.17) is 22.4 Å². The second-order valence-electron chi connectivity index (χ2n) is 3.47. The molecule has 0 amide bonds. The molecule has 1 aromatic heterocycles. The van der Waals surface area contributed by atoms with Crippen molar-refractivity contribution in [3.8, 4) is 11.5 Å². The Bertz CT molecular complexity index is 667. The van der Waals surface area contributed by atoms with E-state index in [0.717, 1.165) is 11.5 Å². The molecule has 8 heteroatoms. The van der Waals surface area contributed by atoms with Gasteiger partial charge in [0.2, 0.25) is 0 Å². The summed E-state index contributed by atoms with van der Waals surface area (Å²) in [7, 11) is -3.71. The number of halogens is 1. The summed E-state index contributed by atoms with van der Waals surface area (Å²) in [4.78, 5) is 0. The molecule has 0 atom stereocenters. The number of methoxy groups -OCH3 is 1. The van der Waals surface area contributed by atoms with E-state index in [9.17, 15) is 3.89 Å². The molecular formula is C12H13FO5STe. The van der Waals surface area contributed by atoms with Gasteiger partial charge >= 0.3 is 99.2 Å². The minimum absolute atomic E-state index is 0.205. The van der Waals surface area contributed by atoms with Crippen molar-refractivity contribution in [3.05, 3.63) is 28.3 Å². The Kier molecular flexibility index (Phi) is 6.62. The summed E-state index contributed by atoms with van der Waals surface area (Å²) in [5.41, 5.74) is 0. The minimum Gasteiger partial charge on any atom is -0.722 e. The van der Waals surface area contributed by atoms with Gasteiger partial charge < -0.3 is 4.55 Å². The molecule has 1 aromatic carbocycles. The Morgan fingerprint density at radius 1 is 1.35 bits per heavy atom. The van der Waals surface area contributed by atoms with Gasteiger partial charge in [0.05, 0.1) is 0 Å². The van der Waals surface area contributed by atoms with Crippen molar-refractivity contribution in [1.82, 2.24) is 0 Å². The average molecular weight is 416 g/mol. The van der Waals surface area contributed by atoms with Crippen LogP contribution in [0.1, 0.15) is 6.92 Å². The van der Waals surface area contributed by atoms with E-state index in [1.807, 2.05) is 13.0 Å². The van der Waals surface area contributed by atoms with E-state index in [-0.39, 0.29) is 20.4 Å². The molecule has 0 unspecified atom stereocenters. The quantitative estimate of drug-likeness (QED) is 0.435. The number of ether oxygens (including phenoxy) is 2. The summed E-state index contributed by atoms with van der Waals surface area (Å²) in [5.74, 6) is 1.93. The molecule has 0 aliphatic rings. The number of fused-ring (bicyclic) bond motifs is 1. The van der Waals surface area contributed by atoms with Crippen molar-refractivity contribution < 1.29 is 26.3 Å². The Morgan fingerprint density at radius 2 is 2.00 bits per heavy atom. The third-order valence-electron chi connectivity index (χ3n) is 2.17. The van der Waals surface area contributed by atoms with Crippen molar-refractivity contribution in [2.75, 3.05) is 13.7 Å². The Balaban J connectivity index is 0.000000347. The summed E-state index contributed by atoms with van der Waals surface area (Å²) in [6.45, 7) is 2.72. The molecule has 0 aliphatic carbocycles. The molecule has 20 heavy (non-hydrogen) atoms. The van der Waals surface area contributed by atoms with E-state index in [1.165, 1.54) is 8.79 Å². The van der Waals surface area contributed by atoms with Crippen molar-refractivity contribution in [1.29, 1.82) is 0 Å². The van der Waals surface area contributed by atoms with Crippen molar-refractivity contribution >= 4 is 39.7 Å². The molecule has 0 fully saturated rings. The molecule has 0 saturated heterocycles. The second kappa shape index (κ2) is 7.74. The van der Waals surface area contributed by atoms with Gasteiger partial charge in [0.1, 0.15) is 0 Å². The maximum Gasteiger partial charge on any atom is 0.255 e. The fourth-order valence-electron chi connectivity index (χ4n) is 1.47. The summed E-state index contributed by atoms with van der Waals surface area (Å²) in [5, 5.41) is 1.24. The van der Waals surface area contributed by atoms with E-state index in [1.54, 1.807) is 7.11 Å². The zero-order valence-electron chi connectivity index (χ0n) is 10.8. The van der Waals surface area contributed by atoms with Crippen molar-refractivity contribution in [2.24, 2.45) is 0 Å². The monoisotopic (exact) mass is 418 g/mol. The molecule has 0 N–H and O–H groups in total. The molecule has 5 nitrogen and oxygen atoms in total. The molecule has 2 rings (SSSR count). The van der Waals surface area contributed by atoms with Crippen LogP contribution in [0.3, 0.4) is 0 Å². The molecule has 2 aromatic rings. The zero-order valence-corrected chi connectivity index (χ0v) is 14.0. The Labute approximate surface area is 126 Å². The van der Waals surface area contributed by atoms with Gasteiger partial charge in [-0.2, -0.15) is 0 Å². The molecule has 0 radical (unpaired) electrons. The van der Waals surface area contributed by atoms with Crippen LogP contribution in [-0.2, 0) is 10.5 Å². The Morgan fingerprint density at radius 3 is 2.55 bits per heavy atom. The smallest absolute Gasteiger partial charge is 0.255 e. The maximum atomic E-state index is 10.1. The van der Waals surface area contributed by atoms with Gasteiger partial charge in [0, 0.05) is 0 Å². The molecule has 1 heterocycles. The second-order valence-corrected chi connectivity index (χ2v) is 6.96. The molecule has 0 aliphatic heterocycles. The van der Waals surface area contributed by atoms with Crippen LogP contribution in [0.15, 0.2) is 28.3 Å². The van der Waals surface area contributed by atoms with E-state index >= 15 is 0 Å². The topological polar surface area (TPSA) is 75.7 Å². The van der Waals surface area contributed by atoms with Crippen LogP contribution in [0.2, 0.25) is 0 Å². The fraction of sp³-hybridized carbons (Fsp3) is 0.250. The van der Waals surface area contributed by atoms with Crippen LogP contribution in [0, 0.1) is 0 Å². The van der Waals surface area contributed by atoms with Crippen molar-refractivity contribution in [3.63, 3.8) is 0 Å². The maximum absolute atomic E-state index is 10.1. The first-order valence-corrected chi connectivity index (χ1v) is 9.34. The number of hydrogen-bond acceptors (Lipinski definition) is 5. The molecule has 0 saturated carbocycles. The summed E-state index contributed by atoms with van der Waals surface area (Å²) < 4.78 is 49.8. The molecular weight excluding hydrogens is 403 g/mol. The van der Waals surface area contributed by atoms with Gasteiger partial charge in [0.25, 0.3) is 10.5 Å². The van der Waals surface area contributed by atoms with Gasteiger partial charge in [-0.3, -0.25) is 0 Å². The van der Waals surface area contributed by atoms with Crippen LogP contribution < -0.4 is 9.47 Å². The van der Waals surface area contributed by atoms with E-state index < -0.39 is 10.5 Å². The van der Waals surface area contributed by atoms with Gasteiger partial charge in [0.15, 0.2) is 0 Å². The van der Waals surface area contributed by atoms with E-state index in [0.29, 0.717) is 6.61 Å². The van der Waals surface area contributed by atoms with Crippen LogP contribution in [-0.4, -0.2) is 47.1 Å². The Hall–Kier alpha value is -0.940. The van der Waals surface area contributed by atoms with Gasteiger partial charge in [-0.25, -0.2) is 8.42 Å². The fourth-order valence-corrected chi connectivity index (χ4v) is 3.81. The standard InChI is InChI=1S/C12H13O2Te.FHO3S/c1-3-14-11-6-7-15-12-8-9(13-2)4-5-10(11)12;1-5(2,3)4/h4-8H,3H2,1-2H3;(H,2,3,4)/q+1;/p-1. The summed E-state index contributed by atoms with van der Waals surface area (Å²) in [6.07, 6.45) is 0. The van der Waals surface area contributed by atoms with Gasteiger partial charge in [-0.05, 0) is 0 Å². The van der Waals surface area contributed by atoms with Crippen LogP contribution in [0.25, 0.3) is 8.79 Å². The normalized spacial score (nSPS) is 10.6. The third kappa shape index (κ3) is 6.01. The van der Waals surface area contributed by atoms with Crippen LogP contribution in [0.4, 0.5) is 3.89 Å². The number of benzene rings is 1. The van der Waals surface area contributed by atoms with Crippen LogP contribution >= 0.6 is 0 Å². The summed E-state index contributed by atoms with van der Waals surface area (Å²) in [6, 6.07) is 8.30. The predicted molar refractivity (Wildman–Crippen MR) is 73.8 cm³/mol. The number of hydrogen-bond donors (Lipinski definition) is 0. The number of rotatable bonds is 3. The first-order valence-electron chi connectivity index (χ1n) is 5.52. The average Bonchev–Trinajstić information content (AvgIpc) is 2.37. The largest absolute Gasteiger partial charge is 0.722 e. The SMILES string of the molecule is CCOc1cc[te+]c2cc(OC)ccc12.O=S(=O)([O-])F. The molecule has 110 valence electrons. The third-order valence-corrected chi connectivity index (χ3v) is 4.63. The van der Waals surface area contributed by atoms with Gasteiger partial charge in [-0.15, -0.1) is 3.89 Å². The molecule has 0 bridgehead atoms. The van der Waals surface area contributed by atoms with Gasteiger partial charge in [-0.1, -0.05) is 0 Å². The van der Waals surface area contributed by atoms with Crippen molar-refractivity contribution in [2.45, 2.75) is 6.92 Å². The minimum atomic E-state index is -5.42. The molecule has 0 spiro atoms. The predicted octanol–water partition coefficient (Wildman–Crippen LogP) is 2.00.